The van der Waals surface area contributed by atoms with Gasteiger partial charge in [0.15, 0.2) is 0 Å². The summed E-state index contributed by atoms with van der Waals surface area (Å²) in [5.41, 5.74) is 1.16. The molecule has 0 bridgehead atoms. The lowest BCUT2D eigenvalue weighted by Gasteiger charge is -2.18. The van der Waals surface area contributed by atoms with Gasteiger partial charge in [-0.15, -0.1) is 0 Å². The zero-order valence-corrected chi connectivity index (χ0v) is 13.0. The molecule has 0 radical (unpaired) electrons. The first-order valence-corrected chi connectivity index (χ1v) is 7.39. The van der Waals surface area contributed by atoms with Crippen LogP contribution in [0.3, 0.4) is 0 Å². The van der Waals surface area contributed by atoms with E-state index < -0.39 is 0 Å². The van der Waals surface area contributed by atoms with Crippen molar-refractivity contribution >= 4 is 34.2 Å². The van der Waals surface area contributed by atoms with E-state index in [9.17, 15) is 0 Å². The van der Waals surface area contributed by atoms with Crippen molar-refractivity contribution in [1.82, 2.24) is 5.32 Å². The van der Waals surface area contributed by atoms with E-state index in [1.165, 1.54) is 3.57 Å². The van der Waals surface area contributed by atoms with Crippen molar-refractivity contribution in [1.29, 1.82) is 0 Å². The van der Waals surface area contributed by atoms with Crippen LogP contribution in [0.25, 0.3) is 0 Å². The molecule has 96 valence electrons. The Balaban J connectivity index is 2.36. The summed E-state index contributed by atoms with van der Waals surface area (Å²) in [6.45, 7) is 3.09. The maximum Gasteiger partial charge on any atom is 0.125 e. The minimum Gasteiger partial charge on any atom is -0.467 e. The Bertz CT molecular complexity index is 499. The van der Waals surface area contributed by atoms with Crippen LogP contribution in [0.2, 0.25) is 5.02 Å². The SMILES string of the molecule is CCCNC(c1ccco1)c1cc(Cl)ccc1I. The summed E-state index contributed by atoms with van der Waals surface area (Å²) in [5.74, 6) is 0.920. The Hall–Kier alpha value is -0.520. The highest BCUT2D eigenvalue weighted by atomic mass is 127. The first-order chi connectivity index (χ1) is 8.72. The molecule has 1 heterocycles. The molecule has 1 unspecified atom stereocenters. The van der Waals surface area contributed by atoms with Gasteiger partial charge in [0.2, 0.25) is 0 Å². The molecule has 0 spiro atoms. The standard InChI is InChI=1S/C14H15ClINO/c1-2-7-17-14(13-4-3-8-18-13)11-9-10(15)5-6-12(11)16/h3-6,8-9,14,17H,2,7H2,1H3. The van der Waals surface area contributed by atoms with Crippen LogP contribution in [0.1, 0.15) is 30.7 Å². The minimum atomic E-state index is 0.0607. The Morgan fingerprint density at radius 3 is 2.89 bits per heavy atom. The van der Waals surface area contributed by atoms with E-state index in [-0.39, 0.29) is 6.04 Å². The van der Waals surface area contributed by atoms with Crippen molar-refractivity contribution in [3.05, 3.63) is 56.5 Å². The summed E-state index contributed by atoms with van der Waals surface area (Å²) in [7, 11) is 0. The first kappa shape index (κ1) is 13.9. The summed E-state index contributed by atoms with van der Waals surface area (Å²) >= 11 is 8.42. The molecule has 2 aromatic rings. The second-order valence-electron chi connectivity index (χ2n) is 4.07. The number of hydrogen-bond acceptors (Lipinski definition) is 2. The molecule has 0 saturated heterocycles. The van der Waals surface area contributed by atoms with Gasteiger partial charge in [0.25, 0.3) is 0 Å². The van der Waals surface area contributed by atoms with Gasteiger partial charge in [0.05, 0.1) is 12.3 Å². The maximum atomic E-state index is 6.09. The summed E-state index contributed by atoms with van der Waals surface area (Å²) in [6, 6.07) is 9.90. The van der Waals surface area contributed by atoms with E-state index in [0.29, 0.717) is 0 Å². The van der Waals surface area contributed by atoms with E-state index in [4.69, 9.17) is 16.0 Å². The molecule has 0 amide bonds. The van der Waals surface area contributed by atoms with Crippen LogP contribution in [0, 0.1) is 3.57 Å². The number of furan rings is 1. The van der Waals surface area contributed by atoms with Gasteiger partial charge in [0.1, 0.15) is 5.76 Å². The first-order valence-electron chi connectivity index (χ1n) is 5.94. The molecule has 1 aromatic carbocycles. The summed E-state index contributed by atoms with van der Waals surface area (Å²) < 4.78 is 6.72. The second kappa shape index (κ2) is 6.59. The van der Waals surface area contributed by atoms with Crippen molar-refractivity contribution < 1.29 is 4.42 Å². The van der Waals surface area contributed by atoms with Gasteiger partial charge in [-0.3, -0.25) is 0 Å². The number of hydrogen-bond donors (Lipinski definition) is 1. The molecule has 0 aliphatic heterocycles. The number of halogens is 2. The smallest absolute Gasteiger partial charge is 0.125 e. The molecule has 0 aliphatic rings. The third-order valence-corrected chi connectivity index (χ3v) is 3.91. The molecule has 2 rings (SSSR count). The third-order valence-electron chi connectivity index (χ3n) is 2.70. The summed E-state index contributed by atoms with van der Waals surface area (Å²) in [4.78, 5) is 0. The molecule has 0 saturated carbocycles. The average Bonchev–Trinajstić information content (AvgIpc) is 2.88. The van der Waals surface area contributed by atoms with E-state index in [1.54, 1.807) is 6.26 Å². The molecule has 1 atom stereocenters. The lowest BCUT2D eigenvalue weighted by atomic mass is 10.0. The van der Waals surface area contributed by atoms with Crippen molar-refractivity contribution in [2.45, 2.75) is 19.4 Å². The molecule has 1 aromatic heterocycles. The zero-order chi connectivity index (χ0) is 13.0. The molecule has 4 heteroatoms. The van der Waals surface area contributed by atoms with Crippen LogP contribution in [-0.2, 0) is 0 Å². The second-order valence-corrected chi connectivity index (χ2v) is 5.67. The highest BCUT2D eigenvalue weighted by molar-refractivity contribution is 14.1. The van der Waals surface area contributed by atoms with Crippen LogP contribution < -0.4 is 5.32 Å². The molecule has 18 heavy (non-hydrogen) atoms. The molecule has 2 nitrogen and oxygen atoms in total. The molecule has 0 fully saturated rings. The zero-order valence-electron chi connectivity index (χ0n) is 10.1. The van der Waals surface area contributed by atoms with Gasteiger partial charge in [-0.25, -0.2) is 0 Å². The van der Waals surface area contributed by atoms with Gasteiger partial charge in [0, 0.05) is 8.59 Å². The van der Waals surface area contributed by atoms with E-state index in [2.05, 4.69) is 34.8 Å². The predicted octanol–water partition coefficient (Wildman–Crippen LogP) is 4.63. The number of rotatable bonds is 5. The Kier molecular flexibility index (Phi) is 5.09. The van der Waals surface area contributed by atoms with E-state index in [1.807, 2.05) is 30.3 Å². The molecule has 1 N–H and O–H groups in total. The minimum absolute atomic E-state index is 0.0607. The van der Waals surface area contributed by atoms with Crippen molar-refractivity contribution in [2.24, 2.45) is 0 Å². The topological polar surface area (TPSA) is 25.2 Å². The Morgan fingerprint density at radius 2 is 2.22 bits per heavy atom. The fraction of sp³-hybridized carbons (Fsp3) is 0.286. The average molecular weight is 376 g/mol. The monoisotopic (exact) mass is 375 g/mol. The number of nitrogens with one attached hydrogen (secondary N) is 1. The van der Waals surface area contributed by atoms with Crippen LogP contribution in [0.5, 0.6) is 0 Å². The van der Waals surface area contributed by atoms with Crippen LogP contribution >= 0.6 is 34.2 Å². The molecule has 0 aliphatic carbocycles. The summed E-state index contributed by atoms with van der Waals surface area (Å²) in [5, 5.41) is 4.25. The van der Waals surface area contributed by atoms with Crippen LogP contribution in [0.15, 0.2) is 41.0 Å². The quantitative estimate of drug-likeness (QED) is 0.771. The molecular weight excluding hydrogens is 361 g/mol. The van der Waals surface area contributed by atoms with Gasteiger partial charge >= 0.3 is 0 Å². The normalized spacial score (nSPS) is 12.6. The fourth-order valence-corrected chi connectivity index (χ4v) is 2.67. The van der Waals surface area contributed by atoms with Crippen LogP contribution in [-0.4, -0.2) is 6.54 Å². The van der Waals surface area contributed by atoms with Crippen LogP contribution in [0.4, 0.5) is 0 Å². The Morgan fingerprint density at radius 1 is 1.39 bits per heavy atom. The van der Waals surface area contributed by atoms with E-state index >= 15 is 0 Å². The lowest BCUT2D eigenvalue weighted by Crippen LogP contribution is -2.23. The van der Waals surface area contributed by atoms with E-state index in [0.717, 1.165) is 29.3 Å². The van der Waals surface area contributed by atoms with Crippen molar-refractivity contribution in [3.8, 4) is 0 Å². The predicted molar refractivity (Wildman–Crippen MR) is 83.0 cm³/mol. The van der Waals surface area contributed by atoms with Gasteiger partial charge in [-0.1, -0.05) is 18.5 Å². The Labute approximate surface area is 126 Å². The highest BCUT2D eigenvalue weighted by Crippen LogP contribution is 2.29. The highest BCUT2D eigenvalue weighted by Gasteiger charge is 2.18. The van der Waals surface area contributed by atoms with Gasteiger partial charge in [-0.05, 0) is 71.5 Å². The lowest BCUT2D eigenvalue weighted by molar-refractivity contribution is 0.446. The fourth-order valence-electron chi connectivity index (χ4n) is 1.84. The van der Waals surface area contributed by atoms with Crippen molar-refractivity contribution in [3.63, 3.8) is 0 Å². The summed E-state index contributed by atoms with van der Waals surface area (Å²) in [6.07, 6.45) is 2.78. The van der Waals surface area contributed by atoms with Gasteiger partial charge in [-0.2, -0.15) is 0 Å². The number of benzene rings is 1. The third kappa shape index (κ3) is 3.28. The largest absolute Gasteiger partial charge is 0.467 e. The maximum absolute atomic E-state index is 6.09. The van der Waals surface area contributed by atoms with Gasteiger partial charge < -0.3 is 9.73 Å². The molecular formula is C14H15ClINO. The van der Waals surface area contributed by atoms with Crippen molar-refractivity contribution in [2.75, 3.05) is 6.54 Å².